The van der Waals surface area contributed by atoms with Gasteiger partial charge in [-0.25, -0.2) is 8.91 Å². The van der Waals surface area contributed by atoms with E-state index in [1.165, 1.54) is 26.2 Å². The molecule has 9 nitrogen and oxygen atoms in total. The van der Waals surface area contributed by atoms with E-state index >= 15 is 0 Å². The Morgan fingerprint density at radius 1 is 1.36 bits per heavy atom. The van der Waals surface area contributed by atoms with E-state index in [0.717, 1.165) is 24.8 Å². The Balaban J connectivity index is 1.50. The van der Waals surface area contributed by atoms with Gasteiger partial charge < -0.3 is 20.8 Å². The molecule has 0 radical (unpaired) electrons. The number of hydrogen-bond acceptors (Lipinski definition) is 7. The van der Waals surface area contributed by atoms with Gasteiger partial charge in [0, 0.05) is 11.7 Å². The van der Waals surface area contributed by atoms with Crippen LogP contribution in [-0.2, 0) is 0 Å². The maximum atomic E-state index is 14.3. The summed E-state index contributed by atoms with van der Waals surface area (Å²) in [5.74, 6) is -0.270. The SMILES string of the molecule is CC(C)(O)[C@H](F)CNC(=O)c1cnc(-c2ccc3cc(C#N)cnn23)cc1NC12CC[C@@H](C1)[C@@H](O)C2. The lowest BCUT2D eigenvalue weighted by Gasteiger charge is -2.31. The Labute approximate surface area is 208 Å². The standard InChI is InChI=1S/C26H29FN6O3/c1-25(2,36)23(27)14-30-24(35)18-13-29-20(21-4-3-17-7-15(11-28)12-31-33(17)21)8-19(18)32-26-6-5-16(9-26)22(34)10-26/h3-4,7-8,12-13,16,22-23,34,36H,5-6,9-10,14H2,1-2H3,(H,29,32)(H,30,35)/t16-,22-,23+,26?/m0/s1. The molecule has 2 fully saturated rings. The number of aliphatic hydroxyl groups is 2. The fraction of sp³-hybridized carbons (Fsp3) is 0.462. The summed E-state index contributed by atoms with van der Waals surface area (Å²) in [4.78, 5) is 17.6. The number of halogens is 1. The first kappa shape index (κ1) is 24.2. The van der Waals surface area contributed by atoms with Gasteiger partial charge in [0.1, 0.15) is 12.2 Å². The van der Waals surface area contributed by atoms with Crippen LogP contribution >= 0.6 is 0 Å². The Bertz CT molecular complexity index is 1360. The molecule has 4 atom stereocenters. The average molecular weight is 493 g/mol. The van der Waals surface area contributed by atoms with E-state index in [-0.39, 0.29) is 29.7 Å². The summed E-state index contributed by atoms with van der Waals surface area (Å²) < 4.78 is 16.0. The predicted octanol–water partition coefficient (Wildman–Crippen LogP) is 2.82. The minimum Gasteiger partial charge on any atom is -0.393 e. The van der Waals surface area contributed by atoms with Crippen LogP contribution in [0.25, 0.3) is 16.9 Å². The molecule has 3 aromatic heterocycles. The van der Waals surface area contributed by atoms with Crippen LogP contribution in [0.4, 0.5) is 10.1 Å². The zero-order valence-corrected chi connectivity index (χ0v) is 20.2. The number of fused-ring (bicyclic) bond motifs is 3. The topological polar surface area (TPSA) is 136 Å². The first-order valence-electron chi connectivity index (χ1n) is 12.1. The average Bonchev–Trinajstić information content (AvgIpc) is 3.53. The number of aliphatic hydroxyl groups excluding tert-OH is 1. The lowest BCUT2D eigenvalue weighted by Crippen LogP contribution is -2.42. The van der Waals surface area contributed by atoms with Gasteiger partial charge in [-0.1, -0.05) is 0 Å². The molecule has 2 saturated carbocycles. The summed E-state index contributed by atoms with van der Waals surface area (Å²) in [5.41, 5.74) is 1.31. The highest BCUT2D eigenvalue weighted by Crippen LogP contribution is 2.49. The second-order valence-corrected chi connectivity index (χ2v) is 10.5. The van der Waals surface area contributed by atoms with Crippen LogP contribution in [0.3, 0.4) is 0 Å². The number of alkyl halides is 1. The third kappa shape index (κ3) is 4.40. The molecule has 0 saturated heterocycles. The summed E-state index contributed by atoms with van der Waals surface area (Å²) >= 11 is 0. The van der Waals surface area contributed by atoms with E-state index in [1.54, 1.807) is 16.6 Å². The first-order valence-corrected chi connectivity index (χ1v) is 12.1. The van der Waals surface area contributed by atoms with Gasteiger partial charge in [0.2, 0.25) is 0 Å². The van der Waals surface area contributed by atoms with E-state index in [9.17, 15) is 19.4 Å². The van der Waals surface area contributed by atoms with Crippen molar-refractivity contribution < 1.29 is 19.4 Å². The van der Waals surface area contributed by atoms with Gasteiger partial charge in [-0.3, -0.25) is 9.78 Å². The fourth-order valence-corrected chi connectivity index (χ4v) is 5.36. The van der Waals surface area contributed by atoms with Crippen molar-refractivity contribution in [3.8, 4) is 17.5 Å². The van der Waals surface area contributed by atoms with Crippen LogP contribution < -0.4 is 10.6 Å². The molecule has 36 heavy (non-hydrogen) atoms. The molecule has 2 bridgehead atoms. The van der Waals surface area contributed by atoms with Gasteiger partial charge >= 0.3 is 0 Å². The second-order valence-electron chi connectivity index (χ2n) is 10.5. The van der Waals surface area contributed by atoms with Crippen LogP contribution in [0.2, 0.25) is 0 Å². The van der Waals surface area contributed by atoms with E-state index in [1.807, 2.05) is 12.1 Å². The highest BCUT2D eigenvalue weighted by molar-refractivity contribution is 6.00. The molecule has 0 aromatic carbocycles. The number of nitriles is 1. The number of nitrogens with zero attached hydrogens (tertiary/aromatic N) is 4. The number of rotatable bonds is 7. The van der Waals surface area contributed by atoms with Crippen molar-refractivity contribution in [2.24, 2.45) is 5.92 Å². The molecule has 2 aliphatic carbocycles. The zero-order chi connectivity index (χ0) is 25.7. The van der Waals surface area contributed by atoms with Gasteiger partial charge in [-0.05, 0) is 69.7 Å². The molecule has 5 rings (SSSR count). The Hall–Kier alpha value is -3.55. The predicted molar refractivity (Wildman–Crippen MR) is 131 cm³/mol. The van der Waals surface area contributed by atoms with Crippen LogP contribution in [0.15, 0.2) is 36.7 Å². The van der Waals surface area contributed by atoms with Crippen molar-refractivity contribution in [2.45, 2.75) is 62.9 Å². The lowest BCUT2D eigenvalue weighted by molar-refractivity contribution is -0.00177. The lowest BCUT2D eigenvalue weighted by atomic mass is 9.91. The molecule has 0 aliphatic heterocycles. The van der Waals surface area contributed by atoms with E-state index < -0.39 is 17.7 Å². The Morgan fingerprint density at radius 3 is 2.83 bits per heavy atom. The van der Waals surface area contributed by atoms with E-state index in [4.69, 9.17) is 5.26 Å². The molecule has 2 aliphatic rings. The van der Waals surface area contributed by atoms with Gasteiger partial charge in [-0.2, -0.15) is 10.4 Å². The number of anilines is 1. The van der Waals surface area contributed by atoms with Crippen LogP contribution in [0.1, 0.15) is 55.5 Å². The summed E-state index contributed by atoms with van der Waals surface area (Å²) in [7, 11) is 0. The summed E-state index contributed by atoms with van der Waals surface area (Å²) in [5, 5.41) is 39.9. The smallest absolute Gasteiger partial charge is 0.255 e. The molecule has 4 N–H and O–H groups in total. The number of nitrogens with one attached hydrogen (secondary N) is 2. The van der Waals surface area contributed by atoms with Gasteiger partial charge in [-0.15, -0.1) is 0 Å². The van der Waals surface area contributed by atoms with Gasteiger partial charge in [0.25, 0.3) is 5.91 Å². The quantitative estimate of drug-likeness (QED) is 0.398. The normalized spacial score (nSPS) is 24.0. The molecule has 1 unspecified atom stereocenters. The molecule has 1 amide bonds. The number of pyridine rings is 1. The van der Waals surface area contributed by atoms with Crippen LogP contribution in [0, 0.1) is 17.2 Å². The Morgan fingerprint density at radius 2 is 2.17 bits per heavy atom. The number of hydrogen-bond donors (Lipinski definition) is 4. The van der Waals surface area contributed by atoms with Crippen molar-refractivity contribution in [1.29, 1.82) is 5.26 Å². The van der Waals surface area contributed by atoms with Crippen LogP contribution in [-0.4, -0.2) is 60.7 Å². The van der Waals surface area contributed by atoms with Crippen LogP contribution in [0.5, 0.6) is 0 Å². The minimum atomic E-state index is -1.64. The minimum absolute atomic E-state index is 0.239. The van der Waals surface area contributed by atoms with Crippen molar-refractivity contribution in [1.82, 2.24) is 19.9 Å². The number of amides is 1. The molecule has 3 aromatic rings. The highest BCUT2D eigenvalue weighted by atomic mass is 19.1. The van der Waals surface area contributed by atoms with Crippen molar-refractivity contribution in [2.75, 3.05) is 11.9 Å². The van der Waals surface area contributed by atoms with E-state index in [2.05, 4.69) is 26.8 Å². The summed E-state index contributed by atoms with van der Waals surface area (Å²) in [6.07, 6.45) is 4.10. The largest absolute Gasteiger partial charge is 0.393 e. The summed E-state index contributed by atoms with van der Waals surface area (Å²) in [6, 6.07) is 9.25. The van der Waals surface area contributed by atoms with Crippen molar-refractivity contribution >= 4 is 17.1 Å². The molecular weight excluding hydrogens is 463 g/mol. The van der Waals surface area contributed by atoms with Gasteiger partial charge in [0.15, 0.2) is 0 Å². The van der Waals surface area contributed by atoms with Crippen molar-refractivity contribution in [3.63, 3.8) is 0 Å². The van der Waals surface area contributed by atoms with Crippen molar-refractivity contribution in [3.05, 3.63) is 47.8 Å². The summed E-state index contributed by atoms with van der Waals surface area (Å²) in [6.45, 7) is 2.36. The highest BCUT2D eigenvalue weighted by Gasteiger charge is 2.50. The number of carbonyl (C=O) groups is 1. The van der Waals surface area contributed by atoms with Gasteiger partial charge in [0.05, 0.1) is 58.2 Å². The third-order valence-corrected chi connectivity index (χ3v) is 7.44. The monoisotopic (exact) mass is 492 g/mol. The third-order valence-electron chi connectivity index (χ3n) is 7.44. The second kappa shape index (κ2) is 8.84. The molecule has 188 valence electrons. The number of carbonyl (C=O) groups excluding carboxylic acids is 1. The molecule has 10 heteroatoms. The molecule has 3 heterocycles. The number of aromatic nitrogens is 3. The Kier molecular flexibility index (Phi) is 5.93. The fourth-order valence-electron chi connectivity index (χ4n) is 5.36. The first-order chi connectivity index (χ1) is 17.1. The molecule has 0 spiro atoms. The maximum Gasteiger partial charge on any atom is 0.255 e. The molecular formula is C26H29FN6O3. The van der Waals surface area contributed by atoms with E-state index in [0.29, 0.717) is 29.1 Å². The maximum absolute atomic E-state index is 14.3. The zero-order valence-electron chi connectivity index (χ0n) is 20.2.